The molecule has 1 aliphatic carbocycles. The molecule has 1 atom stereocenters. The van der Waals surface area contributed by atoms with Gasteiger partial charge in [-0.1, -0.05) is 13.8 Å². The van der Waals surface area contributed by atoms with Crippen molar-refractivity contribution in [2.45, 2.75) is 53.6 Å². The number of hydrogen-bond acceptors (Lipinski definition) is 2. The van der Waals surface area contributed by atoms with Crippen LogP contribution in [0.4, 0.5) is 0 Å². The van der Waals surface area contributed by atoms with Gasteiger partial charge in [-0.25, -0.2) is 0 Å². The maximum atomic E-state index is 11.1. The first-order chi connectivity index (χ1) is 7.25. The highest BCUT2D eigenvalue weighted by atomic mass is 16.3. The fourth-order valence-corrected chi connectivity index (χ4v) is 2.76. The number of aliphatic hydroxyl groups excluding tert-OH is 1. The summed E-state index contributed by atoms with van der Waals surface area (Å²) >= 11 is 0. The lowest BCUT2D eigenvalue weighted by Gasteiger charge is -2.37. The smallest absolute Gasteiger partial charge is 0.152 e. The molecule has 0 saturated heterocycles. The van der Waals surface area contributed by atoms with Crippen LogP contribution >= 0.6 is 0 Å². The van der Waals surface area contributed by atoms with Crippen LogP contribution in [-0.2, 0) is 4.79 Å². The van der Waals surface area contributed by atoms with Crippen molar-refractivity contribution in [2.75, 3.05) is 0 Å². The van der Waals surface area contributed by atoms with Gasteiger partial charge in [0.2, 0.25) is 0 Å². The summed E-state index contributed by atoms with van der Waals surface area (Å²) in [5, 5.41) is 9.89. The summed E-state index contributed by atoms with van der Waals surface area (Å²) in [6.45, 7) is 9.84. The molecular formula is C14H22O2. The van der Waals surface area contributed by atoms with Crippen molar-refractivity contribution < 1.29 is 9.90 Å². The van der Waals surface area contributed by atoms with Gasteiger partial charge in [0.05, 0.1) is 6.10 Å². The van der Waals surface area contributed by atoms with Crippen LogP contribution in [0, 0.1) is 5.41 Å². The van der Waals surface area contributed by atoms with Crippen molar-refractivity contribution in [3.8, 4) is 0 Å². The Hall–Kier alpha value is -0.890. The molecule has 1 aliphatic rings. The Balaban J connectivity index is 3.24. The zero-order valence-electron chi connectivity index (χ0n) is 10.9. The van der Waals surface area contributed by atoms with Gasteiger partial charge in [-0.2, -0.15) is 0 Å². The van der Waals surface area contributed by atoms with Crippen LogP contribution in [0.3, 0.4) is 0 Å². The van der Waals surface area contributed by atoms with Crippen molar-refractivity contribution in [2.24, 2.45) is 5.41 Å². The van der Waals surface area contributed by atoms with Crippen molar-refractivity contribution >= 4 is 5.78 Å². The Bertz CT molecular complexity index is 359. The molecule has 0 spiro atoms. The quantitative estimate of drug-likeness (QED) is 0.729. The van der Waals surface area contributed by atoms with Gasteiger partial charge in [0.1, 0.15) is 0 Å². The number of carbonyl (C=O) groups excluding carboxylic acids is 1. The molecule has 1 N–H and O–H groups in total. The van der Waals surface area contributed by atoms with Gasteiger partial charge >= 0.3 is 0 Å². The van der Waals surface area contributed by atoms with Crippen molar-refractivity contribution in [3.63, 3.8) is 0 Å². The van der Waals surface area contributed by atoms with Gasteiger partial charge in [-0.3, -0.25) is 4.79 Å². The van der Waals surface area contributed by atoms with Crippen LogP contribution in [0.2, 0.25) is 0 Å². The summed E-state index contributed by atoms with van der Waals surface area (Å²) in [7, 11) is 0. The van der Waals surface area contributed by atoms with Gasteiger partial charge in [0.25, 0.3) is 0 Å². The number of allylic oxidation sites excluding steroid dienone is 3. The van der Waals surface area contributed by atoms with E-state index in [2.05, 4.69) is 13.8 Å². The van der Waals surface area contributed by atoms with Gasteiger partial charge in [-0.05, 0) is 61.8 Å². The van der Waals surface area contributed by atoms with Crippen molar-refractivity contribution in [1.29, 1.82) is 0 Å². The molecule has 0 amide bonds. The summed E-state index contributed by atoms with van der Waals surface area (Å²) in [6.07, 6.45) is 3.09. The average molecular weight is 222 g/mol. The highest BCUT2D eigenvalue weighted by Gasteiger charge is 2.33. The van der Waals surface area contributed by atoms with Crippen LogP contribution in [0.15, 0.2) is 22.8 Å². The van der Waals surface area contributed by atoms with E-state index in [0.29, 0.717) is 0 Å². The molecular weight excluding hydrogens is 200 g/mol. The van der Waals surface area contributed by atoms with E-state index >= 15 is 0 Å². The van der Waals surface area contributed by atoms with Crippen LogP contribution < -0.4 is 0 Å². The fourth-order valence-electron chi connectivity index (χ4n) is 2.76. The van der Waals surface area contributed by atoms with E-state index in [-0.39, 0.29) is 17.3 Å². The first-order valence-corrected chi connectivity index (χ1v) is 5.84. The summed E-state index contributed by atoms with van der Waals surface area (Å²) in [6, 6.07) is 0. The largest absolute Gasteiger partial charge is 0.389 e. The van der Waals surface area contributed by atoms with Gasteiger partial charge < -0.3 is 5.11 Å². The first kappa shape index (κ1) is 13.2. The predicted octanol–water partition coefficient (Wildman–Crippen LogP) is 3.02. The zero-order chi connectivity index (χ0) is 12.5. The normalized spacial score (nSPS) is 25.9. The van der Waals surface area contributed by atoms with E-state index < -0.39 is 0 Å². The second kappa shape index (κ2) is 4.54. The standard InChI is InChI=1S/C14H22O2/c1-9(8-10(2)15)13-11(3)12(16)6-7-14(13,4)5/h8,12,16H,6-7H2,1-5H3/b9-8-. The molecule has 0 aromatic carbocycles. The molecule has 0 saturated carbocycles. The SMILES string of the molecule is CC(=O)/C=C(/C)C1=C(C)C(O)CCC1(C)C. The summed E-state index contributed by atoms with van der Waals surface area (Å²) in [5.41, 5.74) is 3.22. The molecule has 0 bridgehead atoms. The number of carbonyl (C=O) groups is 1. The topological polar surface area (TPSA) is 37.3 Å². The Labute approximate surface area is 98.1 Å². The minimum atomic E-state index is -0.349. The monoisotopic (exact) mass is 222 g/mol. The second-order valence-corrected chi connectivity index (χ2v) is 5.43. The minimum Gasteiger partial charge on any atom is -0.389 e. The number of rotatable bonds is 2. The maximum absolute atomic E-state index is 11.1. The lowest BCUT2D eigenvalue weighted by Crippen LogP contribution is -2.28. The third-order valence-corrected chi connectivity index (χ3v) is 3.43. The summed E-state index contributed by atoms with van der Waals surface area (Å²) in [5.74, 6) is 0.0636. The molecule has 2 heteroatoms. The maximum Gasteiger partial charge on any atom is 0.152 e. The molecule has 90 valence electrons. The van der Waals surface area contributed by atoms with E-state index in [1.807, 2.05) is 13.8 Å². The Morgan fingerprint density at radius 3 is 2.50 bits per heavy atom. The molecule has 1 rings (SSSR count). The Morgan fingerprint density at radius 2 is 2.00 bits per heavy atom. The summed E-state index contributed by atoms with van der Waals surface area (Å²) in [4.78, 5) is 11.1. The molecule has 16 heavy (non-hydrogen) atoms. The van der Waals surface area contributed by atoms with E-state index in [9.17, 15) is 9.90 Å². The lowest BCUT2D eigenvalue weighted by molar-refractivity contribution is -0.112. The first-order valence-electron chi connectivity index (χ1n) is 5.84. The van der Waals surface area contributed by atoms with E-state index in [4.69, 9.17) is 0 Å². The fraction of sp³-hybridized carbons (Fsp3) is 0.643. The predicted molar refractivity (Wildman–Crippen MR) is 66.2 cm³/mol. The van der Waals surface area contributed by atoms with Crippen LogP contribution in [0.5, 0.6) is 0 Å². The van der Waals surface area contributed by atoms with E-state index in [1.165, 1.54) is 0 Å². The molecule has 0 radical (unpaired) electrons. The third kappa shape index (κ3) is 2.62. The molecule has 0 heterocycles. The molecule has 0 aliphatic heterocycles. The van der Waals surface area contributed by atoms with Crippen LogP contribution in [-0.4, -0.2) is 17.0 Å². The van der Waals surface area contributed by atoms with Crippen LogP contribution in [0.1, 0.15) is 47.5 Å². The molecule has 0 fully saturated rings. The molecule has 0 aromatic rings. The molecule has 2 nitrogen and oxygen atoms in total. The number of ketones is 1. The van der Waals surface area contributed by atoms with Crippen molar-refractivity contribution in [1.82, 2.24) is 0 Å². The van der Waals surface area contributed by atoms with Crippen molar-refractivity contribution in [3.05, 3.63) is 22.8 Å². The second-order valence-electron chi connectivity index (χ2n) is 5.43. The minimum absolute atomic E-state index is 0.0549. The number of hydrogen-bond donors (Lipinski definition) is 1. The molecule has 0 aromatic heterocycles. The lowest BCUT2D eigenvalue weighted by atomic mass is 9.69. The zero-order valence-corrected chi connectivity index (χ0v) is 10.9. The Morgan fingerprint density at radius 1 is 1.44 bits per heavy atom. The Kier molecular flexibility index (Phi) is 3.74. The summed E-state index contributed by atoms with van der Waals surface area (Å²) < 4.78 is 0. The van der Waals surface area contributed by atoms with E-state index in [1.54, 1.807) is 13.0 Å². The van der Waals surface area contributed by atoms with E-state index in [0.717, 1.165) is 29.6 Å². The average Bonchev–Trinajstić information content (AvgIpc) is 2.10. The van der Waals surface area contributed by atoms with Gasteiger partial charge in [0.15, 0.2) is 5.78 Å². The third-order valence-electron chi connectivity index (χ3n) is 3.43. The highest BCUT2D eigenvalue weighted by molar-refractivity contribution is 5.88. The van der Waals surface area contributed by atoms with Gasteiger partial charge in [-0.15, -0.1) is 0 Å². The highest BCUT2D eigenvalue weighted by Crippen LogP contribution is 2.43. The molecule has 1 unspecified atom stereocenters. The van der Waals surface area contributed by atoms with Gasteiger partial charge in [0, 0.05) is 0 Å². The van der Waals surface area contributed by atoms with Crippen LogP contribution in [0.25, 0.3) is 0 Å². The number of aliphatic hydroxyl groups is 1.